The minimum atomic E-state index is -0.229. The Morgan fingerprint density at radius 3 is 2.69 bits per heavy atom. The highest BCUT2D eigenvalue weighted by Crippen LogP contribution is 2.21. The molecular formula is C21H19N5O2S. The van der Waals surface area contributed by atoms with Gasteiger partial charge in [-0.05, 0) is 36.6 Å². The summed E-state index contributed by atoms with van der Waals surface area (Å²) in [7, 11) is 0. The molecule has 8 heteroatoms. The summed E-state index contributed by atoms with van der Waals surface area (Å²) < 4.78 is 3.10. The third kappa shape index (κ3) is 4.02. The quantitative estimate of drug-likeness (QED) is 0.535. The molecule has 146 valence electrons. The van der Waals surface area contributed by atoms with E-state index in [1.807, 2.05) is 54.8 Å². The topological polar surface area (TPSA) is 81.8 Å². The van der Waals surface area contributed by atoms with Crippen LogP contribution >= 0.6 is 11.3 Å². The lowest BCUT2D eigenvalue weighted by molar-refractivity contribution is 0.0951. The smallest absolute Gasteiger partial charge is 0.266 e. The van der Waals surface area contributed by atoms with Crippen LogP contribution < -0.4 is 10.9 Å². The molecule has 0 aliphatic carbocycles. The summed E-state index contributed by atoms with van der Waals surface area (Å²) in [4.78, 5) is 25.6. The molecule has 0 fully saturated rings. The Kier molecular flexibility index (Phi) is 5.35. The second kappa shape index (κ2) is 8.24. The summed E-state index contributed by atoms with van der Waals surface area (Å²) in [5, 5.41) is 13.5. The number of nitrogens with one attached hydrogen (secondary N) is 1. The highest BCUT2D eigenvalue weighted by Gasteiger charge is 2.15. The van der Waals surface area contributed by atoms with E-state index in [1.165, 1.54) is 10.7 Å². The van der Waals surface area contributed by atoms with Gasteiger partial charge in [-0.1, -0.05) is 24.3 Å². The Bertz CT molecular complexity index is 1180. The lowest BCUT2D eigenvalue weighted by atomic mass is 10.2. The predicted molar refractivity (Wildman–Crippen MR) is 112 cm³/mol. The van der Waals surface area contributed by atoms with Crippen molar-refractivity contribution in [3.8, 4) is 16.3 Å². The maximum Gasteiger partial charge on any atom is 0.266 e. The van der Waals surface area contributed by atoms with Gasteiger partial charge >= 0.3 is 0 Å². The maximum atomic E-state index is 12.6. The summed E-state index contributed by atoms with van der Waals surface area (Å²) in [5.74, 6) is -0.229. The van der Waals surface area contributed by atoms with Gasteiger partial charge in [0.2, 0.25) is 0 Å². The zero-order chi connectivity index (χ0) is 20.2. The van der Waals surface area contributed by atoms with Crippen molar-refractivity contribution in [2.75, 3.05) is 6.54 Å². The van der Waals surface area contributed by atoms with Gasteiger partial charge in [-0.25, -0.2) is 9.36 Å². The predicted octanol–water partition coefficient (Wildman–Crippen LogP) is 2.90. The Hall–Kier alpha value is -3.52. The van der Waals surface area contributed by atoms with Crippen LogP contribution in [0.1, 0.15) is 16.1 Å². The number of thiophene rings is 1. The first-order valence-electron chi connectivity index (χ1n) is 9.14. The number of carbonyl (C=O) groups excluding carboxylic acids is 1. The number of aromatic nitrogens is 4. The molecule has 0 aliphatic rings. The van der Waals surface area contributed by atoms with Crippen molar-refractivity contribution in [1.29, 1.82) is 0 Å². The van der Waals surface area contributed by atoms with E-state index < -0.39 is 0 Å². The van der Waals surface area contributed by atoms with E-state index in [0.717, 1.165) is 22.0 Å². The van der Waals surface area contributed by atoms with Crippen LogP contribution in [0.15, 0.2) is 71.0 Å². The van der Waals surface area contributed by atoms with Crippen molar-refractivity contribution in [3.63, 3.8) is 0 Å². The van der Waals surface area contributed by atoms with Crippen LogP contribution in [0.4, 0.5) is 0 Å². The van der Waals surface area contributed by atoms with E-state index in [0.29, 0.717) is 5.56 Å². The van der Waals surface area contributed by atoms with E-state index >= 15 is 0 Å². The number of nitrogens with zero attached hydrogens (tertiary/aromatic N) is 4. The van der Waals surface area contributed by atoms with Crippen LogP contribution in [0.2, 0.25) is 0 Å². The van der Waals surface area contributed by atoms with Crippen LogP contribution in [-0.4, -0.2) is 32.0 Å². The van der Waals surface area contributed by atoms with Crippen molar-refractivity contribution in [2.45, 2.75) is 13.5 Å². The molecule has 4 rings (SSSR count). The molecule has 7 nitrogen and oxygen atoms in total. The number of hydrogen-bond donors (Lipinski definition) is 1. The van der Waals surface area contributed by atoms with Crippen LogP contribution in [0, 0.1) is 6.92 Å². The maximum absolute atomic E-state index is 12.6. The normalized spacial score (nSPS) is 10.8. The van der Waals surface area contributed by atoms with Crippen molar-refractivity contribution in [2.24, 2.45) is 0 Å². The molecule has 3 aromatic heterocycles. The molecule has 3 heterocycles. The van der Waals surface area contributed by atoms with Gasteiger partial charge in [0.15, 0.2) is 0 Å². The Labute approximate surface area is 171 Å². The molecule has 0 unspecified atom stereocenters. The molecule has 0 radical (unpaired) electrons. The minimum Gasteiger partial charge on any atom is -0.350 e. The highest BCUT2D eigenvalue weighted by atomic mass is 32.1. The second-order valence-corrected chi connectivity index (χ2v) is 7.35. The summed E-state index contributed by atoms with van der Waals surface area (Å²) in [6.45, 7) is 2.43. The molecular weight excluding hydrogens is 386 g/mol. The van der Waals surface area contributed by atoms with E-state index in [-0.39, 0.29) is 24.6 Å². The minimum absolute atomic E-state index is 0.201. The molecule has 1 amide bonds. The molecule has 1 aromatic carbocycles. The first kappa shape index (κ1) is 18.8. The first-order chi connectivity index (χ1) is 14.1. The molecule has 0 atom stereocenters. The van der Waals surface area contributed by atoms with E-state index in [4.69, 9.17) is 0 Å². The van der Waals surface area contributed by atoms with Gasteiger partial charge in [-0.3, -0.25) is 9.59 Å². The third-order valence-corrected chi connectivity index (χ3v) is 5.40. The fourth-order valence-corrected chi connectivity index (χ4v) is 3.69. The summed E-state index contributed by atoms with van der Waals surface area (Å²) in [6.07, 6.45) is 1.56. The van der Waals surface area contributed by atoms with Gasteiger partial charge in [-0.2, -0.15) is 10.2 Å². The van der Waals surface area contributed by atoms with Crippen LogP contribution in [0.25, 0.3) is 16.3 Å². The molecule has 1 N–H and O–H groups in total. The van der Waals surface area contributed by atoms with Gasteiger partial charge in [0.05, 0.1) is 34.6 Å². The summed E-state index contributed by atoms with van der Waals surface area (Å²) in [5.41, 5.74) is 2.69. The molecule has 0 spiro atoms. The average molecular weight is 405 g/mol. The zero-order valence-electron chi connectivity index (χ0n) is 15.8. The third-order valence-electron chi connectivity index (χ3n) is 4.50. The molecule has 29 heavy (non-hydrogen) atoms. The number of benzene rings is 1. The number of amides is 1. The van der Waals surface area contributed by atoms with Gasteiger partial charge in [0, 0.05) is 12.6 Å². The molecule has 0 aliphatic heterocycles. The van der Waals surface area contributed by atoms with Gasteiger partial charge in [0.25, 0.3) is 11.5 Å². The van der Waals surface area contributed by atoms with Crippen molar-refractivity contribution in [3.05, 3.63) is 87.8 Å². The van der Waals surface area contributed by atoms with Gasteiger partial charge in [0.1, 0.15) is 5.69 Å². The number of para-hydroxylation sites is 1. The molecule has 4 aromatic rings. The standard InChI is InChI=1S/C21H19N5O2S/c1-15-17(14-23-26(15)16-6-3-2-4-7-16)21(28)22-11-12-25-20(27)10-9-18(24-25)19-8-5-13-29-19/h2-10,13-14H,11-12H2,1H3,(H,22,28). The molecule has 0 bridgehead atoms. The number of rotatable bonds is 6. The first-order valence-corrected chi connectivity index (χ1v) is 10.0. The second-order valence-electron chi connectivity index (χ2n) is 6.40. The SMILES string of the molecule is Cc1c(C(=O)NCCn2nc(-c3cccs3)ccc2=O)cnn1-c1ccccc1. The Morgan fingerprint density at radius 2 is 1.93 bits per heavy atom. The van der Waals surface area contributed by atoms with Crippen molar-refractivity contribution >= 4 is 17.2 Å². The van der Waals surface area contributed by atoms with E-state index in [2.05, 4.69) is 15.5 Å². The molecule has 0 saturated carbocycles. The lowest BCUT2D eigenvalue weighted by Crippen LogP contribution is -2.32. The number of carbonyl (C=O) groups is 1. The largest absolute Gasteiger partial charge is 0.350 e. The Balaban J connectivity index is 1.43. The van der Waals surface area contributed by atoms with Crippen LogP contribution in [0.5, 0.6) is 0 Å². The monoisotopic (exact) mass is 405 g/mol. The van der Waals surface area contributed by atoms with Crippen molar-refractivity contribution in [1.82, 2.24) is 24.9 Å². The van der Waals surface area contributed by atoms with Gasteiger partial charge < -0.3 is 5.32 Å². The average Bonchev–Trinajstić information content (AvgIpc) is 3.40. The van der Waals surface area contributed by atoms with Gasteiger partial charge in [-0.15, -0.1) is 11.3 Å². The van der Waals surface area contributed by atoms with E-state index in [1.54, 1.807) is 28.3 Å². The lowest BCUT2D eigenvalue weighted by Gasteiger charge is -2.08. The zero-order valence-corrected chi connectivity index (χ0v) is 16.6. The summed E-state index contributed by atoms with van der Waals surface area (Å²) >= 11 is 1.56. The fourth-order valence-electron chi connectivity index (χ4n) is 3.00. The fraction of sp³-hybridized carbons (Fsp3) is 0.143. The van der Waals surface area contributed by atoms with Crippen molar-refractivity contribution < 1.29 is 4.79 Å². The molecule has 0 saturated heterocycles. The summed E-state index contributed by atoms with van der Waals surface area (Å²) in [6, 6.07) is 16.7. The van der Waals surface area contributed by atoms with E-state index in [9.17, 15) is 9.59 Å². The van der Waals surface area contributed by atoms with Crippen LogP contribution in [-0.2, 0) is 6.54 Å². The highest BCUT2D eigenvalue weighted by molar-refractivity contribution is 7.13. The van der Waals surface area contributed by atoms with Crippen LogP contribution in [0.3, 0.4) is 0 Å². The Morgan fingerprint density at radius 1 is 1.10 bits per heavy atom. The number of hydrogen-bond acceptors (Lipinski definition) is 5.